The Morgan fingerprint density at radius 1 is 0.852 bits per heavy atom. The van der Waals surface area contributed by atoms with Crippen LogP contribution in [-0.4, -0.2) is 18.4 Å². The van der Waals surface area contributed by atoms with Crippen molar-refractivity contribution in [1.82, 2.24) is 10.6 Å². The van der Waals surface area contributed by atoms with Gasteiger partial charge < -0.3 is 15.1 Å². The summed E-state index contributed by atoms with van der Waals surface area (Å²) >= 11 is 0. The molecule has 5 nitrogen and oxygen atoms in total. The van der Waals surface area contributed by atoms with E-state index in [1.165, 1.54) is 12.1 Å². The Kier molecular flexibility index (Phi) is 5.99. The van der Waals surface area contributed by atoms with E-state index >= 15 is 0 Å². The summed E-state index contributed by atoms with van der Waals surface area (Å²) in [7, 11) is 0. The molecule has 0 unspecified atom stereocenters. The van der Waals surface area contributed by atoms with Gasteiger partial charge in [-0.1, -0.05) is 12.1 Å². The van der Waals surface area contributed by atoms with Crippen LogP contribution in [-0.2, 0) is 13.0 Å². The second-order valence-corrected chi connectivity index (χ2v) is 5.97. The third-order valence-electron chi connectivity index (χ3n) is 4.03. The molecule has 1 aromatic heterocycles. The minimum atomic E-state index is -0.281. The third-order valence-corrected chi connectivity index (χ3v) is 4.03. The first-order valence-corrected chi connectivity index (χ1v) is 8.55. The van der Waals surface area contributed by atoms with Crippen molar-refractivity contribution in [1.29, 1.82) is 0 Å². The minimum Gasteiger partial charge on any atom is -0.467 e. The van der Waals surface area contributed by atoms with Crippen molar-refractivity contribution < 1.29 is 18.4 Å². The molecule has 3 rings (SSSR count). The van der Waals surface area contributed by atoms with E-state index in [9.17, 15) is 14.0 Å². The summed E-state index contributed by atoms with van der Waals surface area (Å²) in [6.07, 6.45) is 2.16. The fraction of sp³-hybridized carbons (Fsp3) is 0.143. The number of furan rings is 1. The second-order valence-electron chi connectivity index (χ2n) is 5.97. The van der Waals surface area contributed by atoms with Crippen molar-refractivity contribution in [3.63, 3.8) is 0 Å². The van der Waals surface area contributed by atoms with Crippen LogP contribution in [0.4, 0.5) is 4.39 Å². The van der Waals surface area contributed by atoms with E-state index in [1.54, 1.807) is 54.8 Å². The molecule has 1 heterocycles. The maximum Gasteiger partial charge on any atom is 0.251 e. The molecular weight excluding hydrogens is 347 g/mol. The molecular formula is C21H19FN2O3. The molecule has 0 bridgehead atoms. The lowest BCUT2D eigenvalue weighted by Gasteiger charge is -2.07. The van der Waals surface area contributed by atoms with Gasteiger partial charge in [-0.3, -0.25) is 9.59 Å². The summed E-state index contributed by atoms with van der Waals surface area (Å²) < 4.78 is 18.0. The predicted octanol–water partition coefficient (Wildman–Crippen LogP) is 3.32. The van der Waals surface area contributed by atoms with Crippen LogP contribution in [0, 0.1) is 5.82 Å². The van der Waals surface area contributed by atoms with Gasteiger partial charge in [-0.25, -0.2) is 4.39 Å². The highest BCUT2D eigenvalue weighted by atomic mass is 19.1. The summed E-state index contributed by atoms with van der Waals surface area (Å²) in [4.78, 5) is 24.3. The summed E-state index contributed by atoms with van der Waals surface area (Å²) in [6, 6.07) is 16.1. The van der Waals surface area contributed by atoms with Crippen LogP contribution in [0.1, 0.15) is 32.0 Å². The number of hydrogen-bond acceptors (Lipinski definition) is 3. The molecule has 138 valence electrons. The van der Waals surface area contributed by atoms with Gasteiger partial charge >= 0.3 is 0 Å². The molecule has 0 radical (unpaired) electrons. The zero-order chi connectivity index (χ0) is 19.1. The molecule has 0 aliphatic carbocycles. The highest BCUT2D eigenvalue weighted by Gasteiger charge is 2.09. The van der Waals surface area contributed by atoms with Crippen LogP contribution in [0.25, 0.3) is 0 Å². The van der Waals surface area contributed by atoms with E-state index in [0.717, 1.165) is 5.56 Å². The summed E-state index contributed by atoms with van der Waals surface area (Å²) in [5.41, 5.74) is 1.88. The standard InChI is InChI=1S/C21H19FN2O3/c22-18-9-3-15(4-10-18)11-12-23-20(25)16-5-7-17(8-6-16)21(26)24-14-19-2-1-13-27-19/h1-10,13H,11-12,14H2,(H,23,25)(H,24,26). The second kappa shape index (κ2) is 8.80. The lowest BCUT2D eigenvalue weighted by atomic mass is 10.1. The fourth-order valence-electron chi connectivity index (χ4n) is 2.53. The topological polar surface area (TPSA) is 71.3 Å². The molecule has 2 aromatic carbocycles. The first kappa shape index (κ1) is 18.4. The largest absolute Gasteiger partial charge is 0.467 e. The first-order chi connectivity index (χ1) is 13.1. The number of amides is 2. The average Bonchev–Trinajstić information content (AvgIpc) is 3.21. The van der Waals surface area contributed by atoms with Gasteiger partial charge in [0.25, 0.3) is 11.8 Å². The van der Waals surface area contributed by atoms with Crippen molar-refractivity contribution in [2.45, 2.75) is 13.0 Å². The van der Waals surface area contributed by atoms with Crippen LogP contribution in [0.15, 0.2) is 71.3 Å². The van der Waals surface area contributed by atoms with E-state index in [2.05, 4.69) is 10.6 Å². The summed E-state index contributed by atoms with van der Waals surface area (Å²) in [6.45, 7) is 0.743. The molecule has 2 amide bonds. The molecule has 0 spiro atoms. The Labute approximate surface area is 156 Å². The van der Waals surface area contributed by atoms with Crippen LogP contribution in [0.3, 0.4) is 0 Å². The van der Waals surface area contributed by atoms with Crippen molar-refractivity contribution in [3.8, 4) is 0 Å². The van der Waals surface area contributed by atoms with E-state index in [-0.39, 0.29) is 17.6 Å². The zero-order valence-corrected chi connectivity index (χ0v) is 14.6. The normalized spacial score (nSPS) is 10.4. The SMILES string of the molecule is O=C(NCCc1ccc(F)cc1)c1ccc(C(=O)NCc2ccco2)cc1. The van der Waals surface area contributed by atoms with Gasteiger partial charge in [0.2, 0.25) is 0 Å². The minimum absolute atomic E-state index is 0.223. The fourth-order valence-corrected chi connectivity index (χ4v) is 2.53. The Morgan fingerprint density at radius 2 is 1.48 bits per heavy atom. The van der Waals surface area contributed by atoms with Gasteiger partial charge in [-0.15, -0.1) is 0 Å². The van der Waals surface area contributed by atoms with Crippen molar-refractivity contribution in [3.05, 3.63) is 95.2 Å². The maximum atomic E-state index is 12.9. The smallest absolute Gasteiger partial charge is 0.251 e. The Bertz CT molecular complexity index is 888. The third kappa shape index (κ3) is 5.28. The van der Waals surface area contributed by atoms with E-state index in [1.807, 2.05) is 0 Å². The van der Waals surface area contributed by atoms with Gasteiger partial charge in [0.1, 0.15) is 11.6 Å². The van der Waals surface area contributed by atoms with Gasteiger partial charge in [-0.05, 0) is 60.5 Å². The predicted molar refractivity (Wildman–Crippen MR) is 98.8 cm³/mol. The van der Waals surface area contributed by atoms with Crippen LogP contribution in [0.2, 0.25) is 0 Å². The van der Waals surface area contributed by atoms with Crippen molar-refractivity contribution >= 4 is 11.8 Å². The summed E-state index contributed by atoms with van der Waals surface area (Å²) in [5, 5.41) is 5.56. The molecule has 0 atom stereocenters. The van der Waals surface area contributed by atoms with E-state index in [0.29, 0.717) is 36.4 Å². The number of halogens is 1. The highest BCUT2D eigenvalue weighted by Crippen LogP contribution is 2.07. The zero-order valence-electron chi connectivity index (χ0n) is 14.6. The van der Waals surface area contributed by atoms with Crippen LogP contribution in [0.5, 0.6) is 0 Å². The first-order valence-electron chi connectivity index (χ1n) is 8.55. The van der Waals surface area contributed by atoms with Gasteiger partial charge in [0.15, 0.2) is 0 Å². The Balaban J connectivity index is 1.47. The van der Waals surface area contributed by atoms with Crippen LogP contribution >= 0.6 is 0 Å². The number of carbonyl (C=O) groups is 2. The quantitative estimate of drug-likeness (QED) is 0.674. The lowest BCUT2D eigenvalue weighted by molar-refractivity contribution is 0.0939. The van der Waals surface area contributed by atoms with E-state index < -0.39 is 0 Å². The number of benzene rings is 2. The Morgan fingerprint density at radius 3 is 2.07 bits per heavy atom. The molecule has 0 saturated heterocycles. The number of nitrogens with one attached hydrogen (secondary N) is 2. The maximum absolute atomic E-state index is 12.9. The number of carbonyl (C=O) groups excluding carboxylic acids is 2. The van der Waals surface area contributed by atoms with Gasteiger partial charge in [0, 0.05) is 17.7 Å². The Hall–Kier alpha value is -3.41. The van der Waals surface area contributed by atoms with Gasteiger partial charge in [-0.2, -0.15) is 0 Å². The molecule has 27 heavy (non-hydrogen) atoms. The molecule has 2 N–H and O–H groups in total. The number of hydrogen-bond donors (Lipinski definition) is 2. The molecule has 0 aliphatic heterocycles. The van der Waals surface area contributed by atoms with Gasteiger partial charge in [0.05, 0.1) is 12.8 Å². The molecule has 6 heteroatoms. The number of rotatable bonds is 7. The molecule has 3 aromatic rings. The van der Waals surface area contributed by atoms with E-state index in [4.69, 9.17) is 4.42 Å². The molecule has 0 aliphatic rings. The molecule has 0 fully saturated rings. The van der Waals surface area contributed by atoms with Crippen molar-refractivity contribution in [2.24, 2.45) is 0 Å². The summed E-state index contributed by atoms with van der Waals surface area (Å²) in [5.74, 6) is -0.0779. The lowest BCUT2D eigenvalue weighted by Crippen LogP contribution is -2.26. The van der Waals surface area contributed by atoms with Crippen molar-refractivity contribution in [2.75, 3.05) is 6.54 Å². The van der Waals surface area contributed by atoms with Crippen LogP contribution < -0.4 is 10.6 Å². The average molecular weight is 366 g/mol. The highest BCUT2D eigenvalue weighted by molar-refractivity contribution is 5.97. The monoisotopic (exact) mass is 366 g/mol. The molecule has 0 saturated carbocycles.